The van der Waals surface area contributed by atoms with Crippen LogP contribution in [0.2, 0.25) is 0 Å². The number of H-pyrrole nitrogens is 1. The molecule has 0 aliphatic rings. The Morgan fingerprint density at radius 1 is 1.75 bits per heavy atom. The van der Waals surface area contributed by atoms with Crippen molar-refractivity contribution >= 4 is 16.0 Å². The molecule has 0 aliphatic carbocycles. The van der Waals surface area contributed by atoms with E-state index in [0.717, 1.165) is 6.20 Å². The smallest absolute Gasteiger partial charge is 0.340 e. The predicted molar refractivity (Wildman–Crippen MR) is 54.2 cm³/mol. The summed E-state index contributed by atoms with van der Waals surface area (Å²) in [5.74, 6) is 0.773. The van der Waals surface area contributed by atoms with Crippen molar-refractivity contribution in [1.82, 2.24) is 14.9 Å². The third kappa shape index (κ3) is 2.39. The van der Waals surface area contributed by atoms with Gasteiger partial charge in [-0.3, -0.25) is 5.10 Å². The topological polar surface area (TPSA) is 112 Å². The molecule has 0 amide bonds. The lowest BCUT2D eigenvalue weighted by Gasteiger charge is -2.07. The molecule has 0 spiro atoms. The van der Waals surface area contributed by atoms with Gasteiger partial charge in [-0.1, -0.05) is 5.92 Å². The number of nitrogens with zero attached hydrogens (tertiary/aromatic N) is 1. The van der Waals surface area contributed by atoms with Gasteiger partial charge in [0.15, 0.2) is 5.03 Å². The van der Waals surface area contributed by atoms with E-state index in [2.05, 4.69) is 20.8 Å². The van der Waals surface area contributed by atoms with Crippen LogP contribution in [-0.4, -0.2) is 35.7 Å². The highest BCUT2D eigenvalue weighted by molar-refractivity contribution is 7.89. The fourth-order valence-electron chi connectivity index (χ4n) is 0.957. The largest absolute Gasteiger partial charge is 0.478 e. The summed E-state index contributed by atoms with van der Waals surface area (Å²) in [5, 5.41) is 13.7. The van der Waals surface area contributed by atoms with Crippen molar-refractivity contribution in [2.24, 2.45) is 0 Å². The first-order valence-electron chi connectivity index (χ1n) is 4.13. The Morgan fingerprint density at radius 2 is 2.38 bits per heavy atom. The van der Waals surface area contributed by atoms with Crippen LogP contribution in [0.25, 0.3) is 0 Å². The van der Waals surface area contributed by atoms with Gasteiger partial charge < -0.3 is 5.11 Å². The maximum absolute atomic E-state index is 11.6. The van der Waals surface area contributed by atoms with Crippen LogP contribution in [0.15, 0.2) is 11.2 Å². The van der Waals surface area contributed by atoms with Gasteiger partial charge in [-0.05, 0) is 6.92 Å². The Labute approximate surface area is 91.9 Å². The minimum Gasteiger partial charge on any atom is -0.478 e. The molecule has 0 radical (unpaired) electrons. The molecule has 0 aromatic carbocycles. The molecule has 1 heterocycles. The summed E-state index contributed by atoms with van der Waals surface area (Å²) in [6.07, 6.45) is 5.93. The number of carbonyl (C=O) groups is 1. The SMILES string of the molecule is C#CC(C)NS(=O)(=O)c1[nH]ncc1C(=O)O. The summed E-state index contributed by atoms with van der Waals surface area (Å²) >= 11 is 0. The average molecular weight is 243 g/mol. The number of aromatic nitrogens is 2. The van der Waals surface area contributed by atoms with Gasteiger partial charge in [0.2, 0.25) is 0 Å². The molecule has 1 atom stereocenters. The predicted octanol–water partition coefficient (Wildman–Crippen LogP) is -0.592. The Balaban J connectivity index is 3.14. The van der Waals surface area contributed by atoms with E-state index in [-0.39, 0.29) is 0 Å². The summed E-state index contributed by atoms with van der Waals surface area (Å²) in [7, 11) is -4.00. The fraction of sp³-hybridized carbons (Fsp3) is 0.250. The molecular formula is C8H9N3O4S. The number of aromatic amines is 1. The third-order valence-electron chi connectivity index (χ3n) is 1.69. The lowest BCUT2D eigenvalue weighted by molar-refractivity contribution is 0.0692. The highest BCUT2D eigenvalue weighted by Gasteiger charge is 2.25. The van der Waals surface area contributed by atoms with Crippen molar-refractivity contribution in [2.75, 3.05) is 0 Å². The number of sulfonamides is 1. The van der Waals surface area contributed by atoms with E-state index >= 15 is 0 Å². The summed E-state index contributed by atoms with van der Waals surface area (Å²) in [4.78, 5) is 10.7. The molecule has 0 fully saturated rings. The molecule has 3 N–H and O–H groups in total. The van der Waals surface area contributed by atoms with E-state index in [9.17, 15) is 13.2 Å². The molecule has 1 rings (SSSR count). The molecule has 8 heteroatoms. The van der Waals surface area contributed by atoms with Crippen molar-refractivity contribution in [3.05, 3.63) is 11.8 Å². The standard InChI is InChI=1S/C8H9N3O4S/c1-3-5(2)11-16(14,15)7-6(8(12)13)4-9-10-7/h1,4-5,11H,2H3,(H,9,10)(H,12,13). The van der Waals surface area contributed by atoms with Gasteiger partial charge in [0.1, 0.15) is 5.56 Å². The van der Waals surface area contributed by atoms with Gasteiger partial charge in [0.05, 0.1) is 12.2 Å². The lowest BCUT2D eigenvalue weighted by Crippen LogP contribution is -2.32. The normalized spacial score (nSPS) is 13.0. The molecule has 7 nitrogen and oxygen atoms in total. The van der Waals surface area contributed by atoms with Crippen LogP contribution in [0.5, 0.6) is 0 Å². The third-order valence-corrected chi connectivity index (χ3v) is 3.20. The molecule has 1 unspecified atom stereocenters. The summed E-state index contributed by atoms with van der Waals surface area (Å²) in [6, 6.07) is -0.741. The molecule has 16 heavy (non-hydrogen) atoms. The molecule has 0 saturated carbocycles. The molecule has 1 aromatic rings. The van der Waals surface area contributed by atoms with Crippen LogP contribution in [0, 0.1) is 12.3 Å². The van der Waals surface area contributed by atoms with Gasteiger partial charge in [0, 0.05) is 0 Å². The lowest BCUT2D eigenvalue weighted by atomic mass is 10.4. The molecule has 86 valence electrons. The zero-order valence-corrected chi connectivity index (χ0v) is 9.08. The van der Waals surface area contributed by atoms with E-state index < -0.39 is 32.6 Å². The first-order valence-corrected chi connectivity index (χ1v) is 5.62. The Hall–Kier alpha value is -1.85. The van der Waals surface area contributed by atoms with E-state index in [0.29, 0.717) is 0 Å². The fourth-order valence-corrected chi connectivity index (χ4v) is 2.21. The second-order valence-corrected chi connectivity index (χ2v) is 4.58. The first-order chi connectivity index (χ1) is 7.38. The van der Waals surface area contributed by atoms with Crippen LogP contribution in [-0.2, 0) is 10.0 Å². The summed E-state index contributed by atoms with van der Waals surface area (Å²) in [6.45, 7) is 1.45. The Morgan fingerprint density at radius 3 is 2.88 bits per heavy atom. The van der Waals surface area contributed by atoms with Crippen LogP contribution < -0.4 is 4.72 Å². The zero-order chi connectivity index (χ0) is 12.3. The zero-order valence-electron chi connectivity index (χ0n) is 8.26. The van der Waals surface area contributed by atoms with E-state index in [1.54, 1.807) is 0 Å². The van der Waals surface area contributed by atoms with Gasteiger partial charge in [-0.25, -0.2) is 13.2 Å². The summed E-state index contributed by atoms with van der Waals surface area (Å²) in [5.41, 5.74) is -0.434. The van der Waals surface area contributed by atoms with Crippen LogP contribution in [0.4, 0.5) is 0 Å². The van der Waals surface area contributed by atoms with E-state index in [4.69, 9.17) is 11.5 Å². The van der Waals surface area contributed by atoms with E-state index in [1.165, 1.54) is 6.92 Å². The number of carboxylic acids is 1. The van der Waals surface area contributed by atoms with Crippen molar-refractivity contribution in [2.45, 2.75) is 18.0 Å². The van der Waals surface area contributed by atoms with E-state index in [1.807, 2.05) is 0 Å². The number of rotatable bonds is 4. The van der Waals surface area contributed by atoms with Gasteiger partial charge >= 0.3 is 5.97 Å². The van der Waals surface area contributed by atoms with Gasteiger partial charge in [0.25, 0.3) is 10.0 Å². The van der Waals surface area contributed by atoms with Crippen molar-refractivity contribution < 1.29 is 18.3 Å². The van der Waals surface area contributed by atoms with Crippen LogP contribution >= 0.6 is 0 Å². The minimum absolute atomic E-state index is 0.434. The molecule has 0 saturated heterocycles. The molecular weight excluding hydrogens is 234 g/mol. The monoisotopic (exact) mass is 243 g/mol. The van der Waals surface area contributed by atoms with Gasteiger partial charge in [-0.2, -0.15) is 9.82 Å². The quantitative estimate of drug-likeness (QED) is 0.612. The average Bonchev–Trinajstić information content (AvgIpc) is 2.65. The number of terminal acetylenes is 1. The van der Waals surface area contributed by atoms with Crippen molar-refractivity contribution in [3.63, 3.8) is 0 Å². The number of aromatic carboxylic acids is 1. The molecule has 0 aliphatic heterocycles. The van der Waals surface area contributed by atoms with Crippen molar-refractivity contribution in [1.29, 1.82) is 0 Å². The Kier molecular flexibility index (Phi) is 3.31. The molecule has 1 aromatic heterocycles. The van der Waals surface area contributed by atoms with Crippen LogP contribution in [0.3, 0.4) is 0 Å². The second kappa shape index (κ2) is 4.34. The minimum atomic E-state index is -4.00. The second-order valence-electron chi connectivity index (χ2n) is 2.93. The van der Waals surface area contributed by atoms with Crippen LogP contribution in [0.1, 0.15) is 17.3 Å². The molecule has 0 bridgehead atoms. The first kappa shape index (κ1) is 12.2. The summed E-state index contributed by atoms with van der Waals surface area (Å²) < 4.78 is 25.4. The van der Waals surface area contributed by atoms with Gasteiger partial charge in [-0.15, -0.1) is 6.42 Å². The van der Waals surface area contributed by atoms with Crippen molar-refractivity contribution in [3.8, 4) is 12.3 Å². The Bertz CT molecular complexity index is 540. The maximum Gasteiger partial charge on any atom is 0.340 e. The number of hydrogen-bond acceptors (Lipinski definition) is 4. The number of nitrogens with one attached hydrogen (secondary N) is 2. The number of hydrogen-bond donors (Lipinski definition) is 3. The number of carboxylic acid groups (broad SMARTS) is 1. The highest BCUT2D eigenvalue weighted by atomic mass is 32.2. The highest BCUT2D eigenvalue weighted by Crippen LogP contribution is 2.11. The maximum atomic E-state index is 11.6.